The number of likely N-dealkylation sites (tertiary alicyclic amines) is 1. The van der Waals surface area contributed by atoms with Gasteiger partial charge in [0.25, 0.3) is 10.0 Å². The molecule has 1 N–H and O–H groups in total. The van der Waals surface area contributed by atoms with Gasteiger partial charge in [0, 0.05) is 19.2 Å². The molecule has 0 saturated carbocycles. The number of benzene rings is 2. The fourth-order valence-corrected chi connectivity index (χ4v) is 4.37. The monoisotopic (exact) mass is 504 g/mol. The number of rotatable bonds is 5. The van der Waals surface area contributed by atoms with Crippen molar-refractivity contribution in [3.63, 3.8) is 0 Å². The maximum atomic E-state index is 14.1. The minimum absolute atomic E-state index is 0.156. The molecule has 182 valence electrons. The van der Waals surface area contributed by atoms with Crippen molar-refractivity contribution in [1.29, 1.82) is 0 Å². The van der Waals surface area contributed by atoms with Crippen molar-refractivity contribution in [1.82, 2.24) is 4.90 Å². The van der Waals surface area contributed by atoms with Crippen molar-refractivity contribution < 1.29 is 48.3 Å². The van der Waals surface area contributed by atoms with Gasteiger partial charge in [-0.25, -0.2) is 17.2 Å². The van der Waals surface area contributed by atoms with E-state index in [2.05, 4.69) is 0 Å². The van der Waals surface area contributed by atoms with Crippen LogP contribution in [0.5, 0.6) is 5.75 Å². The first-order valence-electron chi connectivity index (χ1n) is 9.23. The van der Waals surface area contributed by atoms with Gasteiger partial charge < -0.3 is 9.64 Å². The van der Waals surface area contributed by atoms with Crippen molar-refractivity contribution in [2.75, 3.05) is 24.9 Å². The molecule has 0 aliphatic carbocycles. The summed E-state index contributed by atoms with van der Waals surface area (Å²) in [4.78, 5) is 0.361. The molecule has 0 unspecified atom stereocenters. The highest BCUT2D eigenvalue weighted by Crippen LogP contribution is 2.39. The van der Waals surface area contributed by atoms with Crippen molar-refractivity contribution in [3.8, 4) is 5.75 Å². The van der Waals surface area contributed by atoms with Crippen LogP contribution in [0.4, 0.5) is 40.8 Å². The number of anilines is 1. The number of sulfonamides is 1. The van der Waals surface area contributed by atoms with E-state index < -0.39 is 67.6 Å². The third-order valence-electron chi connectivity index (χ3n) is 4.80. The highest BCUT2D eigenvalue weighted by molar-refractivity contribution is 7.92. The Kier molecular flexibility index (Phi) is 6.54. The van der Waals surface area contributed by atoms with Gasteiger partial charge in [0.05, 0.1) is 16.8 Å². The van der Waals surface area contributed by atoms with E-state index in [4.69, 9.17) is 4.74 Å². The number of halogens is 8. The minimum atomic E-state index is -5.27. The van der Waals surface area contributed by atoms with E-state index in [-0.39, 0.29) is 12.1 Å². The third-order valence-corrected chi connectivity index (χ3v) is 6.19. The van der Waals surface area contributed by atoms with E-state index in [9.17, 15) is 43.5 Å². The topological polar surface area (TPSA) is 58.6 Å². The van der Waals surface area contributed by atoms with E-state index in [1.54, 1.807) is 11.8 Å². The normalized spacial score (nSPS) is 17.9. The Morgan fingerprint density at radius 2 is 1.61 bits per heavy atom. The average molecular weight is 504 g/mol. The zero-order valence-electron chi connectivity index (χ0n) is 16.7. The smallest absolute Gasteiger partial charge is 0.419 e. The van der Waals surface area contributed by atoms with E-state index in [0.29, 0.717) is 31.6 Å². The summed E-state index contributed by atoms with van der Waals surface area (Å²) in [5.74, 6) is -4.62. The van der Waals surface area contributed by atoms with Crippen LogP contribution in [0.2, 0.25) is 0 Å². The number of nitrogens with one attached hydrogen (secondary N) is 1. The van der Waals surface area contributed by atoms with Gasteiger partial charge in [-0.3, -0.25) is 4.72 Å². The van der Waals surface area contributed by atoms with Gasteiger partial charge in [-0.05, 0) is 37.7 Å². The predicted molar refractivity (Wildman–Crippen MR) is 100 cm³/mol. The minimum Gasteiger partial charge on any atom is -0.488 e. The highest BCUT2D eigenvalue weighted by Gasteiger charge is 2.38. The zero-order valence-corrected chi connectivity index (χ0v) is 17.5. The Labute approximate surface area is 183 Å². The Hall–Kier alpha value is -2.61. The SMILES string of the molecule is CN1CC[C@@H](Oc2cc(NS(=O)(=O)c3cc(F)c(C(F)(F)F)cc3F)ccc2C(F)(F)F)C1. The lowest BCUT2D eigenvalue weighted by Gasteiger charge is -2.19. The first kappa shape index (κ1) is 25.0. The Morgan fingerprint density at radius 3 is 2.15 bits per heavy atom. The van der Waals surface area contributed by atoms with Crippen molar-refractivity contribution >= 4 is 15.7 Å². The summed E-state index contributed by atoms with van der Waals surface area (Å²) in [6, 6.07) is 1.50. The molecule has 2 aromatic rings. The summed E-state index contributed by atoms with van der Waals surface area (Å²) < 4.78 is 138. The van der Waals surface area contributed by atoms with Crippen LogP contribution in [0.15, 0.2) is 35.2 Å². The molecular formula is C19H16F8N2O3S. The molecule has 5 nitrogen and oxygen atoms in total. The summed E-state index contributed by atoms with van der Waals surface area (Å²) >= 11 is 0. The molecule has 0 spiro atoms. The quantitative estimate of drug-likeness (QED) is 0.590. The van der Waals surface area contributed by atoms with Crippen LogP contribution in [0.25, 0.3) is 0 Å². The van der Waals surface area contributed by atoms with Crippen LogP contribution >= 0.6 is 0 Å². The number of ether oxygens (including phenoxy) is 1. The van der Waals surface area contributed by atoms with E-state index in [0.717, 1.165) is 6.07 Å². The first-order valence-corrected chi connectivity index (χ1v) is 10.7. The van der Waals surface area contributed by atoms with E-state index in [1.807, 2.05) is 4.90 Å². The number of likely N-dealkylation sites (N-methyl/N-ethyl adjacent to an activating group) is 1. The van der Waals surface area contributed by atoms with Crippen LogP contribution in [0, 0.1) is 11.6 Å². The van der Waals surface area contributed by atoms with Crippen molar-refractivity contribution in [2.24, 2.45) is 0 Å². The van der Waals surface area contributed by atoms with Gasteiger partial charge in [-0.2, -0.15) is 26.3 Å². The van der Waals surface area contributed by atoms with Crippen molar-refractivity contribution in [2.45, 2.75) is 29.8 Å². The van der Waals surface area contributed by atoms with Crippen LogP contribution in [0.1, 0.15) is 17.5 Å². The predicted octanol–water partition coefficient (Wildman–Crippen LogP) is 4.89. The van der Waals surface area contributed by atoms with Crippen LogP contribution in [-0.4, -0.2) is 39.6 Å². The standard InChI is InChI=1S/C19H16F8N2O3S/c1-29-5-4-11(9-29)32-16-6-10(2-3-12(16)18(22,23)24)28-33(30,31)17-8-14(20)13(7-15(17)21)19(25,26)27/h2-3,6-8,11,28H,4-5,9H2,1H3/t11-/m1/s1. The molecular weight excluding hydrogens is 488 g/mol. The summed E-state index contributed by atoms with van der Waals surface area (Å²) in [6.07, 6.45) is -10.3. The van der Waals surface area contributed by atoms with Crippen LogP contribution < -0.4 is 9.46 Å². The fraction of sp³-hybridized carbons (Fsp3) is 0.368. The Balaban J connectivity index is 1.95. The molecule has 1 atom stereocenters. The Morgan fingerprint density at radius 1 is 0.970 bits per heavy atom. The van der Waals surface area contributed by atoms with Gasteiger partial charge >= 0.3 is 12.4 Å². The largest absolute Gasteiger partial charge is 0.488 e. The van der Waals surface area contributed by atoms with Gasteiger partial charge in [0.2, 0.25) is 0 Å². The summed E-state index contributed by atoms with van der Waals surface area (Å²) in [5.41, 5.74) is -3.69. The molecule has 3 rings (SSSR count). The molecule has 1 saturated heterocycles. The fourth-order valence-electron chi connectivity index (χ4n) is 3.25. The van der Waals surface area contributed by atoms with Crippen molar-refractivity contribution in [3.05, 3.63) is 53.1 Å². The molecule has 2 aromatic carbocycles. The lowest BCUT2D eigenvalue weighted by Crippen LogP contribution is -2.23. The Bertz CT molecular complexity index is 1150. The maximum absolute atomic E-state index is 14.1. The molecule has 0 aromatic heterocycles. The molecule has 0 bridgehead atoms. The second-order valence-corrected chi connectivity index (χ2v) is 9.02. The molecule has 1 aliphatic heterocycles. The second kappa shape index (κ2) is 8.63. The molecule has 1 heterocycles. The molecule has 0 amide bonds. The van der Waals surface area contributed by atoms with Crippen LogP contribution in [0.3, 0.4) is 0 Å². The summed E-state index contributed by atoms with van der Waals surface area (Å²) in [5, 5.41) is 0. The lowest BCUT2D eigenvalue weighted by molar-refractivity contribution is -0.140. The first-order chi connectivity index (χ1) is 15.1. The lowest BCUT2D eigenvalue weighted by atomic mass is 10.1. The van der Waals surface area contributed by atoms with Gasteiger partial charge in [-0.15, -0.1) is 0 Å². The third kappa shape index (κ3) is 5.66. The van der Waals surface area contributed by atoms with Crippen LogP contribution in [-0.2, 0) is 22.4 Å². The second-order valence-electron chi connectivity index (χ2n) is 7.37. The molecule has 33 heavy (non-hydrogen) atoms. The molecule has 1 aliphatic rings. The zero-order chi connectivity index (χ0) is 24.8. The maximum Gasteiger partial charge on any atom is 0.419 e. The summed E-state index contributed by atoms with van der Waals surface area (Å²) in [6.45, 7) is 0.889. The summed E-state index contributed by atoms with van der Waals surface area (Å²) in [7, 11) is -3.27. The molecule has 0 radical (unpaired) electrons. The molecule has 14 heteroatoms. The van der Waals surface area contributed by atoms with Gasteiger partial charge in [-0.1, -0.05) is 0 Å². The number of nitrogens with zero attached hydrogens (tertiary/aromatic N) is 1. The van der Waals surface area contributed by atoms with E-state index in [1.165, 1.54) is 0 Å². The van der Waals surface area contributed by atoms with Gasteiger partial charge in [0.15, 0.2) is 0 Å². The van der Waals surface area contributed by atoms with Gasteiger partial charge in [0.1, 0.15) is 28.4 Å². The molecule has 1 fully saturated rings. The number of hydrogen-bond acceptors (Lipinski definition) is 4. The van der Waals surface area contributed by atoms with E-state index >= 15 is 0 Å². The number of hydrogen-bond donors (Lipinski definition) is 1. The number of alkyl halides is 6. The highest BCUT2D eigenvalue weighted by atomic mass is 32.2. The average Bonchev–Trinajstić information content (AvgIpc) is 3.06.